The Morgan fingerprint density at radius 2 is 2.00 bits per heavy atom. The fourth-order valence-corrected chi connectivity index (χ4v) is 2.75. The lowest BCUT2D eigenvalue weighted by Crippen LogP contribution is -2.11. The molecule has 1 atom stereocenters. The van der Waals surface area contributed by atoms with Crippen LogP contribution in [0.2, 0.25) is 0 Å². The zero-order valence-electron chi connectivity index (χ0n) is 9.77. The predicted octanol–water partition coefficient (Wildman–Crippen LogP) is 3.76. The molecule has 0 amide bonds. The van der Waals surface area contributed by atoms with E-state index in [2.05, 4.69) is 27.0 Å². The molecule has 18 heavy (non-hydrogen) atoms. The molecule has 1 aromatic heterocycles. The first-order valence-electron chi connectivity index (χ1n) is 5.99. The summed E-state index contributed by atoms with van der Waals surface area (Å²) in [6, 6.07) is 11.5. The number of pyridine rings is 1. The van der Waals surface area contributed by atoms with Crippen molar-refractivity contribution in [3.05, 3.63) is 63.9 Å². The topological polar surface area (TPSA) is 30.0 Å². The first-order valence-corrected chi connectivity index (χ1v) is 6.78. The van der Waals surface area contributed by atoms with E-state index in [0.29, 0.717) is 0 Å². The minimum absolute atomic E-state index is 0.0672. The van der Waals surface area contributed by atoms with E-state index in [-0.39, 0.29) is 11.7 Å². The van der Waals surface area contributed by atoms with E-state index >= 15 is 0 Å². The second-order valence-corrected chi connectivity index (χ2v) is 5.43. The van der Waals surface area contributed by atoms with Crippen molar-refractivity contribution in [2.24, 2.45) is 0 Å². The third-order valence-electron chi connectivity index (χ3n) is 3.40. The van der Waals surface area contributed by atoms with Crippen molar-refractivity contribution in [1.29, 1.82) is 0 Å². The first kappa shape index (κ1) is 11.6. The Morgan fingerprint density at radius 3 is 2.78 bits per heavy atom. The Labute approximate surface area is 114 Å². The summed E-state index contributed by atoms with van der Waals surface area (Å²) in [5.74, 6) is 0.113. The van der Waals surface area contributed by atoms with Gasteiger partial charge < -0.3 is 0 Å². The second-order valence-electron chi connectivity index (χ2n) is 4.51. The van der Waals surface area contributed by atoms with Crippen molar-refractivity contribution >= 4 is 21.7 Å². The molecular weight excluding hydrogens is 290 g/mol. The zero-order chi connectivity index (χ0) is 12.5. The quantitative estimate of drug-likeness (QED) is 0.791. The molecule has 1 aliphatic carbocycles. The number of hydrogen-bond acceptors (Lipinski definition) is 2. The minimum Gasteiger partial charge on any atom is -0.293 e. The van der Waals surface area contributed by atoms with Crippen molar-refractivity contribution in [2.45, 2.75) is 18.8 Å². The summed E-state index contributed by atoms with van der Waals surface area (Å²) in [5, 5.41) is 0. The molecule has 0 saturated heterocycles. The highest BCUT2D eigenvalue weighted by molar-refractivity contribution is 9.10. The summed E-state index contributed by atoms with van der Waals surface area (Å²) < 4.78 is 0.990. The number of carbonyl (C=O) groups is 1. The van der Waals surface area contributed by atoms with Crippen molar-refractivity contribution in [3.63, 3.8) is 0 Å². The Morgan fingerprint density at radius 1 is 1.22 bits per heavy atom. The number of aryl methyl sites for hydroxylation is 1. The highest BCUT2D eigenvalue weighted by Crippen LogP contribution is 2.33. The average molecular weight is 302 g/mol. The third kappa shape index (κ3) is 1.99. The van der Waals surface area contributed by atoms with Crippen molar-refractivity contribution in [1.82, 2.24) is 4.98 Å². The van der Waals surface area contributed by atoms with Crippen LogP contribution in [0.1, 0.15) is 34.0 Å². The van der Waals surface area contributed by atoms with E-state index in [1.54, 1.807) is 6.20 Å². The summed E-state index contributed by atoms with van der Waals surface area (Å²) in [6.45, 7) is 0. The molecule has 0 bridgehead atoms. The number of ketones is 1. The SMILES string of the molecule is O=C(c1ccc(Br)cc1)C1CCc2cccnc21. The first-order chi connectivity index (χ1) is 8.75. The van der Waals surface area contributed by atoms with Gasteiger partial charge in [0.1, 0.15) is 0 Å². The van der Waals surface area contributed by atoms with Gasteiger partial charge in [-0.15, -0.1) is 0 Å². The fourth-order valence-electron chi connectivity index (χ4n) is 2.48. The predicted molar refractivity (Wildman–Crippen MR) is 73.8 cm³/mol. The highest BCUT2D eigenvalue weighted by Gasteiger charge is 2.30. The lowest BCUT2D eigenvalue weighted by Gasteiger charge is -2.09. The summed E-state index contributed by atoms with van der Waals surface area (Å²) in [6.07, 6.45) is 3.60. The van der Waals surface area contributed by atoms with Crippen molar-refractivity contribution in [3.8, 4) is 0 Å². The molecule has 1 aromatic carbocycles. The van der Waals surface area contributed by atoms with Crippen LogP contribution in [0.4, 0.5) is 0 Å². The van der Waals surface area contributed by atoms with Gasteiger partial charge in [-0.25, -0.2) is 0 Å². The minimum atomic E-state index is -0.0672. The molecular formula is C15H12BrNO. The molecule has 0 aliphatic heterocycles. The van der Waals surface area contributed by atoms with Gasteiger partial charge >= 0.3 is 0 Å². The van der Waals surface area contributed by atoms with Crippen LogP contribution in [0.15, 0.2) is 47.1 Å². The number of fused-ring (bicyclic) bond motifs is 1. The fraction of sp³-hybridized carbons (Fsp3) is 0.200. The van der Waals surface area contributed by atoms with Crippen LogP contribution in [0, 0.1) is 0 Å². The van der Waals surface area contributed by atoms with E-state index in [4.69, 9.17) is 0 Å². The van der Waals surface area contributed by atoms with Gasteiger partial charge in [-0.2, -0.15) is 0 Å². The largest absolute Gasteiger partial charge is 0.293 e. The second kappa shape index (κ2) is 4.65. The number of aromatic nitrogens is 1. The molecule has 1 unspecified atom stereocenters. The molecule has 2 aromatic rings. The van der Waals surface area contributed by atoms with Crippen LogP contribution < -0.4 is 0 Å². The molecule has 0 fully saturated rings. The maximum Gasteiger partial charge on any atom is 0.171 e. The van der Waals surface area contributed by atoms with Gasteiger partial charge in [-0.1, -0.05) is 34.1 Å². The Balaban J connectivity index is 1.93. The summed E-state index contributed by atoms with van der Waals surface area (Å²) in [7, 11) is 0. The van der Waals surface area contributed by atoms with Crippen molar-refractivity contribution in [2.75, 3.05) is 0 Å². The van der Waals surface area contributed by atoms with Crippen LogP contribution in [0.3, 0.4) is 0 Å². The van der Waals surface area contributed by atoms with Crippen LogP contribution in [-0.4, -0.2) is 10.8 Å². The Kier molecular flexibility index (Phi) is 3.00. The van der Waals surface area contributed by atoms with Gasteiger partial charge in [0.25, 0.3) is 0 Å². The molecule has 0 radical (unpaired) electrons. The molecule has 1 aliphatic rings. The molecule has 0 saturated carbocycles. The summed E-state index contributed by atoms with van der Waals surface area (Å²) in [4.78, 5) is 16.8. The van der Waals surface area contributed by atoms with Crippen LogP contribution in [-0.2, 0) is 6.42 Å². The molecule has 90 valence electrons. The third-order valence-corrected chi connectivity index (χ3v) is 3.93. The van der Waals surface area contributed by atoms with E-state index in [9.17, 15) is 4.79 Å². The molecule has 3 heteroatoms. The number of nitrogens with zero attached hydrogens (tertiary/aromatic N) is 1. The lowest BCUT2D eigenvalue weighted by molar-refractivity contribution is 0.0958. The maximum atomic E-state index is 12.5. The Hall–Kier alpha value is -1.48. The maximum absolute atomic E-state index is 12.5. The molecule has 3 rings (SSSR count). The van der Waals surface area contributed by atoms with E-state index < -0.39 is 0 Å². The van der Waals surface area contributed by atoms with Crippen LogP contribution in [0.25, 0.3) is 0 Å². The monoisotopic (exact) mass is 301 g/mol. The number of rotatable bonds is 2. The number of Topliss-reactive ketones (excluding diaryl/α,β-unsaturated/α-hetero) is 1. The van der Waals surface area contributed by atoms with Crippen molar-refractivity contribution < 1.29 is 4.79 Å². The molecule has 1 heterocycles. The van der Waals surface area contributed by atoms with Gasteiger partial charge in [0, 0.05) is 16.2 Å². The highest BCUT2D eigenvalue weighted by atomic mass is 79.9. The number of hydrogen-bond donors (Lipinski definition) is 0. The van der Waals surface area contributed by atoms with E-state index in [0.717, 1.165) is 28.6 Å². The molecule has 2 nitrogen and oxygen atoms in total. The molecule has 0 N–H and O–H groups in total. The van der Waals surface area contributed by atoms with Gasteiger partial charge in [0.05, 0.1) is 11.6 Å². The summed E-state index contributed by atoms with van der Waals surface area (Å²) in [5.41, 5.74) is 2.94. The number of carbonyl (C=O) groups excluding carboxylic acids is 1. The molecule has 0 spiro atoms. The number of benzene rings is 1. The van der Waals surface area contributed by atoms with Gasteiger partial charge in [-0.05, 0) is 36.6 Å². The zero-order valence-corrected chi connectivity index (χ0v) is 11.4. The standard InChI is InChI=1S/C15H12BrNO/c16-12-6-3-11(4-7-12)15(18)13-8-5-10-2-1-9-17-14(10)13/h1-4,6-7,9,13H,5,8H2. The smallest absolute Gasteiger partial charge is 0.171 e. The van der Waals surface area contributed by atoms with Gasteiger partial charge in [0.2, 0.25) is 0 Å². The van der Waals surface area contributed by atoms with E-state index in [1.165, 1.54) is 5.56 Å². The van der Waals surface area contributed by atoms with E-state index in [1.807, 2.05) is 30.3 Å². The Bertz CT molecular complexity index is 592. The number of halogens is 1. The summed E-state index contributed by atoms with van der Waals surface area (Å²) >= 11 is 3.38. The van der Waals surface area contributed by atoms with Gasteiger partial charge in [-0.3, -0.25) is 9.78 Å². The lowest BCUT2D eigenvalue weighted by atomic mass is 9.95. The van der Waals surface area contributed by atoms with Crippen LogP contribution >= 0.6 is 15.9 Å². The normalized spacial score (nSPS) is 17.5. The van der Waals surface area contributed by atoms with Gasteiger partial charge in [0.15, 0.2) is 5.78 Å². The van der Waals surface area contributed by atoms with Crippen LogP contribution in [0.5, 0.6) is 0 Å². The average Bonchev–Trinajstić information content (AvgIpc) is 2.82.